The molecule has 0 bridgehead atoms. The third-order valence-electron chi connectivity index (χ3n) is 3.45. The Morgan fingerprint density at radius 2 is 2.00 bits per heavy atom. The molecular weight excluding hydrogens is 246 g/mol. The van der Waals surface area contributed by atoms with Gasteiger partial charge in [0.05, 0.1) is 19.3 Å². The predicted octanol–water partition coefficient (Wildman–Crippen LogP) is 2.59. The van der Waals surface area contributed by atoms with E-state index in [2.05, 4.69) is 5.32 Å². The molecule has 5 heteroatoms. The molecule has 0 saturated carbocycles. The Morgan fingerprint density at radius 1 is 1.26 bits per heavy atom. The molecule has 2 fully saturated rings. The van der Waals surface area contributed by atoms with Crippen LogP contribution in [0.25, 0.3) is 0 Å². The Morgan fingerprint density at radius 3 is 2.63 bits per heavy atom. The smallest absolute Gasteiger partial charge is 0.407 e. The maximum Gasteiger partial charge on any atom is 0.407 e. The summed E-state index contributed by atoms with van der Waals surface area (Å²) in [5.41, 5.74) is -0.467. The van der Waals surface area contributed by atoms with Crippen molar-refractivity contribution in [1.82, 2.24) is 5.32 Å². The van der Waals surface area contributed by atoms with E-state index in [1.807, 2.05) is 20.8 Å². The first-order valence-electron chi connectivity index (χ1n) is 7.16. The summed E-state index contributed by atoms with van der Waals surface area (Å²) < 4.78 is 16.9. The van der Waals surface area contributed by atoms with Crippen LogP contribution in [-0.2, 0) is 14.2 Å². The summed E-state index contributed by atoms with van der Waals surface area (Å²) in [5, 5.41) is 2.88. The van der Waals surface area contributed by atoms with Crippen molar-refractivity contribution in [1.29, 1.82) is 0 Å². The minimum Gasteiger partial charge on any atom is -0.444 e. The number of ether oxygens (including phenoxy) is 3. The summed E-state index contributed by atoms with van der Waals surface area (Å²) >= 11 is 0. The highest BCUT2D eigenvalue weighted by Crippen LogP contribution is 2.34. The number of amides is 1. The second-order valence-corrected chi connectivity index (χ2v) is 6.41. The lowest BCUT2D eigenvalue weighted by Gasteiger charge is -2.27. The fourth-order valence-corrected chi connectivity index (χ4v) is 2.60. The van der Waals surface area contributed by atoms with Gasteiger partial charge < -0.3 is 19.5 Å². The van der Waals surface area contributed by atoms with Crippen molar-refractivity contribution >= 4 is 6.09 Å². The van der Waals surface area contributed by atoms with Crippen LogP contribution in [0.4, 0.5) is 4.79 Å². The lowest BCUT2D eigenvalue weighted by Crippen LogP contribution is -2.42. The third kappa shape index (κ3) is 4.35. The van der Waals surface area contributed by atoms with Gasteiger partial charge in [0, 0.05) is 12.8 Å². The maximum absolute atomic E-state index is 11.7. The van der Waals surface area contributed by atoms with E-state index in [0.717, 1.165) is 38.7 Å². The molecule has 0 unspecified atom stereocenters. The molecule has 2 heterocycles. The third-order valence-corrected chi connectivity index (χ3v) is 3.45. The van der Waals surface area contributed by atoms with E-state index in [-0.39, 0.29) is 17.9 Å². The molecule has 2 rings (SSSR count). The molecular formula is C14H25NO4. The van der Waals surface area contributed by atoms with Gasteiger partial charge in [-0.1, -0.05) is 0 Å². The number of rotatable bonds is 1. The molecule has 2 aliphatic rings. The molecule has 19 heavy (non-hydrogen) atoms. The van der Waals surface area contributed by atoms with Crippen molar-refractivity contribution in [3.8, 4) is 0 Å². The number of carbonyl (C=O) groups is 1. The number of nitrogens with one attached hydrogen (secondary N) is 1. The number of alkyl carbamates (subject to hydrolysis) is 1. The Labute approximate surface area is 115 Å². The van der Waals surface area contributed by atoms with Gasteiger partial charge in [-0.2, -0.15) is 0 Å². The topological polar surface area (TPSA) is 56.8 Å². The molecule has 1 N–H and O–H groups in total. The van der Waals surface area contributed by atoms with Crippen LogP contribution in [0.3, 0.4) is 0 Å². The van der Waals surface area contributed by atoms with Crippen LogP contribution in [0.2, 0.25) is 0 Å². The molecule has 0 aromatic carbocycles. The lowest BCUT2D eigenvalue weighted by atomic mass is 10.1. The van der Waals surface area contributed by atoms with Gasteiger partial charge in [-0.05, 0) is 40.0 Å². The van der Waals surface area contributed by atoms with Crippen LogP contribution >= 0.6 is 0 Å². The minimum absolute atomic E-state index is 0.0124. The van der Waals surface area contributed by atoms with Gasteiger partial charge in [0.25, 0.3) is 0 Å². The minimum atomic E-state index is -0.467. The van der Waals surface area contributed by atoms with E-state index >= 15 is 0 Å². The molecule has 2 saturated heterocycles. The second-order valence-electron chi connectivity index (χ2n) is 6.41. The first-order valence-corrected chi connectivity index (χ1v) is 7.16. The predicted molar refractivity (Wildman–Crippen MR) is 70.9 cm³/mol. The highest BCUT2D eigenvalue weighted by Gasteiger charge is 2.38. The number of carbonyl (C=O) groups excluding carboxylic acids is 1. The van der Waals surface area contributed by atoms with Gasteiger partial charge in [0.15, 0.2) is 5.79 Å². The largest absolute Gasteiger partial charge is 0.444 e. The highest BCUT2D eigenvalue weighted by molar-refractivity contribution is 5.68. The molecule has 0 aliphatic carbocycles. The SMILES string of the molecule is CC(C)(C)OC(=O)N[C@H]1CCC[C@]2(CCCO2)OC1. The van der Waals surface area contributed by atoms with Gasteiger partial charge in [-0.15, -0.1) is 0 Å². The average molecular weight is 271 g/mol. The molecule has 110 valence electrons. The molecule has 2 atom stereocenters. The van der Waals surface area contributed by atoms with Gasteiger partial charge in [0.2, 0.25) is 0 Å². The average Bonchev–Trinajstić information content (AvgIpc) is 2.63. The van der Waals surface area contributed by atoms with Crippen LogP contribution in [0.5, 0.6) is 0 Å². The maximum atomic E-state index is 11.7. The zero-order chi connectivity index (χ0) is 13.9. The van der Waals surface area contributed by atoms with E-state index in [9.17, 15) is 4.79 Å². The van der Waals surface area contributed by atoms with Crippen molar-refractivity contribution in [3.63, 3.8) is 0 Å². The van der Waals surface area contributed by atoms with Crippen molar-refractivity contribution in [2.45, 2.75) is 70.3 Å². The Hall–Kier alpha value is -0.810. The standard InChI is InChI=1S/C14H25NO4/c1-13(2,3)19-12(16)15-11-6-4-7-14(18-10-11)8-5-9-17-14/h11H,4-10H2,1-3H3,(H,15,16)/t11-,14+/m0/s1. The summed E-state index contributed by atoms with van der Waals surface area (Å²) in [6.07, 6.45) is 4.48. The Bertz CT molecular complexity index is 318. The van der Waals surface area contributed by atoms with E-state index in [4.69, 9.17) is 14.2 Å². The fraction of sp³-hybridized carbons (Fsp3) is 0.929. The molecule has 1 spiro atoms. The molecule has 5 nitrogen and oxygen atoms in total. The van der Waals surface area contributed by atoms with Gasteiger partial charge in [-0.25, -0.2) is 4.79 Å². The fourth-order valence-electron chi connectivity index (χ4n) is 2.60. The molecule has 0 radical (unpaired) electrons. The number of hydrogen-bond acceptors (Lipinski definition) is 4. The summed E-state index contributed by atoms with van der Waals surface area (Å²) in [7, 11) is 0. The quantitative estimate of drug-likeness (QED) is 0.796. The van der Waals surface area contributed by atoms with E-state index < -0.39 is 5.60 Å². The Kier molecular flexibility index (Phi) is 4.36. The molecule has 0 aromatic rings. The highest BCUT2D eigenvalue weighted by atomic mass is 16.7. The summed E-state index contributed by atoms with van der Waals surface area (Å²) in [5.74, 6) is -0.385. The van der Waals surface area contributed by atoms with E-state index in [1.54, 1.807) is 0 Å². The van der Waals surface area contributed by atoms with Crippen LogP contribution in [-0.4, -0.2) is 36.7 Å². The van der Waals surface area contributed by atoms with Gasteiger partial charge >= 0.3 is 6.09 Å². The van der Waals surface area contributed by atoms with Crippen LogP contribution in [0.15, 0.2) is 0 Å². The monoisotopic (exact) mass is 271 g/mol. The zero-order valence-electron chi connectivity index (χ0n) is 12.2. The normalized spacial score (nSPS) is 32.1. The first-order chi connectivity index (χ1) is 8.89. The van der Waals surface area contributed by atoms with Crippen molar-refractivity contribution in [2.24, 2.45) is 0 Å². The van der Waals surface area contributed by atoms with Gasteiger partial charge in [0.1, 0.15) is 5.60 Å². The molecule has 1 amide bonds. The van der Waals surface area contributed by atoms with Crippen molar-refractivity contribution in [2.75, 3.05) is 13.2 Å². The molecule has 0 aromatic heterocycles. The lowest BCUT2D eigenvalue weighted by molar-refractivity contribution is -0.210. The summed E-state index contributed by atoms with van der Waals surface area (Å²) in [4.78, 5) is 11.7. The van der Waals surface area contributed by atoms with Crippen LogP contribution in [0, 0.1) is 0 Å². The summed E-state index contributed by atoms with van der Waals surface area (Å²) in [6.45, 7) is 6.86. The first kappa shape index (κ1) is 14.6. The number of hydrogen-bond donors (Lipinski definition) is 1. The van der Waals surface area contributed by atoms with E-state index in [1.165, 1.54) is 0 Å². The van der Waals surface area contributed by atoms with Crippen molar-refractivity contribution in [3.05, 3.63) is 0 Å². The zero-order valence-corrected chi connectivity index (χ0v) is 12.2. The van der Waals surface area contributed by atoms with Crippen LogP contribution in [0.1, 0.15) is 52.9 Å². The molecule has 2 aliphatic heterocycles. The van der Waals surface area contributed by atoms with Crippen LogP contribution < -0.4 is 5.32 Å². The second kappa shape index (κ2) is 5.67. The Balaban J connectivity index is 1.81. The van der Waals surface area contributed by atoms with E-state index in [0.29, 0.717) is 6.61 Å². The van der Waals surface area contributed by atoms with Crippen molar-refractivity contribution < 1.29 is 19.0 Å². The van der Waals surface area contributed by atoms with Gasteiger partial charge in [-0.3, -0.25) is 0 Å². The summed E-state index contributed by atoms with van der Waals surface area (Å²) in [6, 6.07) is 0.0124.